The molecular weight excluding hydrogens is 737 g/mol. The summed E-state index contributed by atoms with van der Waals surface area (Å²) in [5, 5.41) is 9.15. The van der Waals surface area contributed by atoms with Gasteiger partial charge in [-0.2, -0.15) is 0 Å². The molecule has 288 valence electrons. The Morgan fingerprint density at radius 2 is 1.87 bits per heavy atom. The molecule has 6 bridgehead atoms. The highest BCUT2D eigenvalue weighted by Gasteiger charge is 2.62. The van der Waals surface area contributed by atoms with Crippen molar-refractivity contribution in [3.8, 4) is 17.0 Å². The molecule has 3 fully saturated rings. The van der Waals surface area contributed by atoms with E-state index >= 15 is 0 Å². The van der Waals surface area contributed by atoms with Gasteiger partial charge in [0.1, 0.15) is 29.5 Å². The van der Waals surface area contributed by atoms with Crippen LogP contribution in [0, 0.1) is 11.8 Å². The Bertz CT molecular complexity index is 2260. The highest BCUT2D eigenvalue weighted by atomic mass is 32.2. The molecule has 3 amide bonds. The zero-order valence-electron chi connectivity index (χ0n) is 31.0. The Morgan fingerprint density at radius 3 is 2.60 bits per heavy atom. The maximum absolute atomic E-state index is 14.7. The Hall–Kier alpha value is -4.82. The first-order valence-electron chi connectivity index (χ1n) is 19.1. The number of fused-ring (bicyclic) bond motifs is 5. The lowest BCUT2D eigenvalue weighted by Gasteiger charge is -2.31. The van der Waals surface area contributed by atoms with Crippen LogP contribution in [0.1, 0.15) is 63.6 Å². The number of amides is 3. The van der Waals surface area contributed by atoms with Gasteiger partial charge in [-0.05, 0) is 68.6 Å². The number of pyridine rings is 1. The van der Waals surface area contributed by atoms with Crippen LogP contribution in [0.15, 0.2) is 72.6 Å². The molecule has 8 rings (SSSR count). The van der Waals surface area contributed by atoms with Gasteiger partial charge in [-0.3, -0.25) is 19.1 Å². The van der Waals surface area contributed by atoms with E-state index in [1.807, 2.05) is 61.7 Å². The van der Waals surface area contributed by atoms with E-state index in [9.17, 15) is 22.8 Å². The minimum atomic E-state index is -3.87. The van der Waals surface area contributed by atoms with Crippen LogP contribution < -0.4 is 20.1 Å². The van der Waals surface area contributed by atoms with Crippen LogP contribution in [0.25, 0.3) is 22.2 Å². The molecule has 2 saturated carbocycles. The van der Waals surface area contributed by atoms with Crippen LogP contribution in [0.4, 0.5) is 5.13 Å². The van der Waals surface area contributed by atoms with Crippen molar-refractivity contribution in [1.29, 1.82) is 0 Å². The summed E-state index contributed by atoms with van der Waals surface area (Å²) >= 11 is 1.45. The van der Waals surface area contributed by atoms with Crippen molar-refractivity contribution < 1.29 is 27.5 Å². The Balaban J connectivity index is 1.16. The molecule has 12 nitrogen and oxygen atoms in total. The van der Waals surface area contributed by atoms with Crippen LogP contribution >= 0.6 is 11.3 Å². The lowest BCUT2D eigenvalue weighted by atomic mass is 10.0. The van der Waals surface area contributed by atoms with E-state index in [0.29, 0.717) is 23.7 Å². The largest absolute Gasteiger partial charge is 0.488 e. The second kappa shape index (κ2) is 14.7. The van der Waals surface area contributed by atoms with Crippen LogP contribution in [0.2, 0.25) is 0 Å². The van der Waals surface area contributed by atoms with E-state index in [2.05, 4.69) is 34.1 Å². The van der Waals surface area contributed by atoms with Gasteiger partial charge in [0, 0.05) is 34.7 Å². The van der Waals surface area contributed by atoms with Gasteiger partial charge in [-0.15, -0.1) is 17.9 Å². The molecule has 2 aromatic heterocycles. The van der Waals surface area contributed by atoms with Gasteiger partial charge in [0.15, 0.2) is 5.13 Å². The predicted molar refractivity (Wildman–Crippen MR) is 212 cm³/mol. The third-order valence-corrected chi connectivity index (χ3v) is 13.8. The standard InChI is InChI=1S/C41H46N6O6S2/c1-4-27-21-41(27,39(50)46-55(51,52)30-15-16-30)45-37(48)34-19-29-22-47(34)38(49)36(24(2)3)44-40-42-28(23-54-40)13-9-8-10-25-14-17-32-31(18-25)35(53-29)20-33(43-32)26-11-6-5-7-12-26/h4-7,11-12,14,17-18,20,23-24,27,29-30,34,36H,1,8-10,13,15-16,19,21-22H2,2-3H3,(H,42,44)(H,45,48)(H,46,50)/t27-,29?,34?,36?,41-/m1/s1. The second-order valence-corrected chi connectivity index (χ2v) is 18.4. The van der Waals surface area contributed by atoms with E-state index in [4.69, 9.17) is 14.7 Å². The first-order valence-corrected chi connectivity index (χ1v) is 21.5. The average Bonchev–Trinajstić information content (AvgIpc) is 4.06. The summed E-state index contributed by atoms with van der Waals surface area (Å²) in [5.41, 5.74) is 3.06. The molecule has 1 saturated heterocycles. The van der Waals surface area contributed by atoms with E-state index in [1.165, 1.54) is 11.3 Å². The number of thiazole rings is 1. The van der Waals surface area contributed by atoms with Crippen molar-refractivity contribution in [2.24, 2.45) is 11.8 Å². The monoisotopic (exact) mass is 782 g/mol. The number of anilines is 1. The molecule has 14 heteroatoms. The molecule has 0 spiro atoms. The average molecular weight is 783 g/mol. The fourth-order valence-corrected chi connectivity index (χ4v) is 9.92. The number of nitrogens with zero attached hydrogens (tertiary/aromatic N) is 3. The van der Waals surface area contributed by atoms with Crippen molar-refractivity contribution >= 4 is 55.1 Å². The normalized spacial score (nSPS) is 25.4. The summed E-state index contributed by atoms with van der Waals surface area (Å²) in [6.07, 6.45) is 5.88. The maximum Gasteiger partial charge on any atom is 0.259 e. The number of benzene rings is 2. The topological polar surface area (TPSA) is 160 Å². The highest BCUT2D eigenvalue weighted by Crippen LogP contribution is 2.46. The molecule has 5 atom stereocenters. The highest BCUT2D eigenvalue weighted by molar-refractivity contribution is 7.91. The number of sulfonamides is 1. The molecule has 55 heavy (non-hydrogen) atoms. The lowest BCUT2D eigenvalue weighted by Crippen LogP contribution is -2.58. The SMILES string of the molecule is C=C[C@@H]1C[C@]1(NC(=O)C1CC2CN1C(=O)C(C(C)C)Nc1nc(cs1)CCCCc1ccc3nc(-c4ccccc4)cc(c3c1)O2)C(=O)NS(=O)(=O)C1CC1. The molecule has 2 aromatic carbocycles. The number of rotatable bonds is 8. The minimum Gasteiger partial charge on any atom is -0.488 e. The summed E-state index contributed by atoms with van der Waals surface area (Å²) in [6.45, 7) is 7.82. The van der Waals surface area contributed by atoms with Crippen molar-refractivity contribution in [3.63, 3.8) is 0 Å². The summed E-state index contributed by atoms with van der Waals surface area (Å²) in [7, 11) is -3.87. The summed E-state index contributed by atoms with van der Waals surface area (Å²) in [4.78, 5) is 54.1. The molecule has 4 aromatic rings. The number of nitrogens with one attached hydrogen (secondary N) is 3. The van der Waals surface area contributed by atoms with Gasteiger partial charge in [0.05, 0.1) is 28.7 Å². The molecule has 3 N–H and O–H groups in total. The summed E-state index contributed by atoms with van der Waals surface area (Å²) in [6, 6.07) is 16.3. The number of carbonyl (C=O) groups excluding carboxylic acids is 3. The number of hydrogen-bond donors (Lipinski definition) is 3. The number of aryl methyl sites for hydroxylation is 2. The fraction of sp³-hybridized carbons (Fsp3) is 0.439. The van der Waals surface area contributed by atoms with Gasteiger partial charge in [0.25, 0.3) is 5.91 Å². The Morgan fingerprint density at radius 1 is 1.09 bits per heavy atom. The number of hydrogen-bond acceptors (Lipinski definition) is 10. The van der Waals surface area contributed by atoms with E-state index in [0.717, 1.165) is 59.1 Å². The first-order chi connectivity index (χ1) is 26.4. The van der Waals surface area contributed by atoms with E-state index in [-0.39, 0.29) is 31.2 Å². The molecule has 4 aliphatic rings. The van der Waals surface area contributed by atoms with Gasteiger partial charge in [-0.25, -0.2) is 18.4 Å². The minimum absolute atomic E-state index is 0.106. The molecule has 3 unspecified atom stereocenters. The fourth-order valence-electron chi connectivity index (χ4n) is 7.77. The van der Waals surface area contributed by atoms with Crippen LogP contribution in [-0.2, 0) is 37.2 Å². The zero-order valence-corrected chi connectivity index (χ0v) is 32.6. The van der Waals surface area contributed by atoms with Crippen LogP contribution in [0.5, 0.6) is 5.75 Å². The van der Waals surface area contributed by atoms with Gasteiger partial charge in [0.2, 0.25) is 21.8 Å². The third-order valence-electron chi connectivity index (χ3n) is 11.2. The predicted octanol–water partition coefficient (Wildman–Crippen LogP) is 5.39. The van der Waals surface area contributed by atoms with Gasteiger partial charge >= 0.3 is 0 Å². The first kappa shape index (κ1) is 37.1. The van der Waals surface area contributed by atoms with Crippen LogP contribution in [0.3, 0.4) is 0 Å². The molecular formula is C41H46N6O6S2. The third kappa shape index (κ3) is 7.58. The van der Waals surface area contributed by atoms with Crippen molar-refractivity contribution in [2.75, 3.05) is 11.9 Å². The molecule has 2 aliphatic heterocycles. The Labute approximate surface area is 325 Å². The molecule has 0 radical (unpaired) electrons. The van der Waals surface area contributed by atoms with Crippen LogP contribution in [-0.4, -0.2) is 76.5 Å². The quantitative estimate of drug-likeness (QED) is 0.199. The van der Waals surface area contributed by atoms with Crippen molar-refractivity contribution in [2.45, 2.75) is 94.2 Å². The zero-order chi connectivity index (χ0) is 38.5. The van der Waals surface area contributed by atoms with Crippen molar-refractivity contribution in [1.82, 2.24) is 24.9 Å². The number of ether oxygens (including phenoxy) is 1. The van der Waals surface area contributed by atoms with Gasteiger partial charge < -0.3 is 20.3 Å². The van der Waals surface area contributed by atoms with E-state index < -0.39 is 56.7 Å². The lowest BCUT2D eigenvalue weighted by molar-refractivity contribution is -0.140. The maximum atomic E-state index is 14.7. The number of carbonyl (C=O) groups is 3. The second-order valence-electron chi connectivity index (χ2n) is 15.6. The molecule has 4 heterocycles. The smallest absolute Gasteiger partial charge is 0.259 e. The summed E-state index contributed by atoms with van der Waals surface area (Å²) in [5.74, 6) is -1.66. The Kier molecular flexibility index (Phi) is 9.91. The molecule has 2 aliphatic carbocycles. The van der Waals surface area contributed by atoms with E-state index in [1.54, 1.807) is 11.0 Å². The van der Waals surface area contributed by atoms with Gasteiger partial charge in [-0.1, -0.05) is 56.3 Å². The number of aromatic nitrogens is 2. The van der Waals surface area contributed by atoms with Crippen molar-refractivity contribution in [3.05, 3.63) is 83.9 Å². The summed E-state index contributed by atoms with van der Waals surface area (Å²) < 4.78 is 34.6.